The molecule has 10 nitrogen and oxygen atoms in total. The zero-order valence-electron chi connectivity index (χ0n) is 23.4. The Morgan fingerprint density at radius 3 is 2.50 bits per heavy atom. The van der Waals surface area contributed by atoms with E-state index in [0.717, 1.165) is 23.1 Å². The Morgan fingerprint density at radius 1 is 1.12 bits per heavy atom. The van der Waals surface area contributed by atoms with Crippen LogP contribution >= 0.6 is 0 Å². The minimum absolute atomic E-state index is 0.0188. The summed E-state index contributed by atoms with van der Waals surface area (Å²) in [5.74, 6) is -1.21. The maximum atomic E-state index is 13.5. The largest absolute Gasteiger partial charge is 0.508 e. The van der Waals surface area contributed by atoms with E-state index < -0.39 is 23.3 Å². The van der Waals surface area contributed by atoms with Crippen LogP contribution in [0.2, 0.25) is 0 Å². The normalized spacial score (nSPS) is 12.4. The molecule has 0 saturated heterocycles. The molecule has 10 heteroatoms. The summed E-state index contributed by atoms with van der Waals surface area (Å²) in [5, 5.41) is 18.6. The lowest BCUT2D eigenvalue weighted by Crippen LogP contribution is -2.53. The highest BCUT2D eigenvalue weighted by Crippen LogP contribution is 2.22. The molecule has 0 fully saturated rings. The molecule has 40 heavy (non-hydrogen) atoms. The van der Waals surface area contributed by atoms with E-state index in [-0.39, 0.29) is 35.4 Å². The third-order valence-electron chi connectivity index (χ3n) is 6.11. The number of ether oxygens (including phenoxy) is 1. The van der Waals surface area contributed by atoms with E-state index in [4.69, 9.17) is 9.15 Å². The molecular weight excluding hydrogens is 512 g/mol. The molecule has 2 aromatic carbocycles. The number of nitrogens with zero attached hydrogens (tertiary/aromatic N) is 1. The molecule has 2 amide bonds. The maximum Gasteiger partial charge on any atom is 0.360 e. The fourth-order valence-corrected chi connectivity index (χ4v) is 3.86. The van der Waals surface area contributed by atoms with Crippen LogP contribution in [0, 0.1) is 12.3 Å². The van der Waals surface area contributed by atoms with Crippen LogP contribution in [0.15, 0.2) is 65.3 Å². The van der Waals surface area contributed by atoms with Crippen molar-refractivity contribution >= 4 is 29.2 Å². The van der Waals surface area contributed by atoms with Crippen LogP contribution in [0.1, 0.15) is 54.7 Å². The number of hydrogen-bond donors (Lipinski definition) is 4. The minimum Gasteiger partial charge on any atom is -0.508 e. The molecule has 0 bridgehead atoms. The van der Waals surface area contributed by atoms with Crippen LogP contribution in [-0.2, 0) is 20.7 Å². The molecule has 1 atom stereocenters. The molecule has 3 aromatic rings. The number of hydrogen-bond acceptors (Lipinski definition) is 8. The van der Waals surface area contributed by atoms with Gasteiger partial charge in [0.2, 0.25) is 17.7 Å². The number of oxazole rings is 1. The first-order chi connectivity index (χ1) is 19.0. The molecule has 0 aliphatic carbocycles. The zero-order valence-corrected chi connectivity index (χ0v) is 23.4. The van der Waals surface area contributed by atoms with Gasteiger partial charge in [-0.3, -0.25) is 9.59 Å². The number of methoxy groups -OCH3 is 1. The lowest BCUT2D eigenvalue weighted by atomic mass is 9.86. The average Bonchev–Trinajstić information content (AvgIpc) is 3.41. The molecule has 0 radical (unpaired) electrons. The van der Waals surface area contributed by atoms with Crippen LogP contribution in [0.25, 0.3) is 5.70 Å². The summed E-state index contributed by atoms with van der Waals surface area (Å²) in [4.78, 5) is 42.5. The Morgan fingerprint density at radius 2 is 1.85 bits per heavy atom. The van der Waals surface area contributed by atoms with E-state index in [0.29, 0.717) is 13.0 Å². The summed E-state index contributed by atoms with van der Waals surface area (Å²) >= 11 is 0. The molecule has 3 rings (SSSR count). The van der Waals surface area contributed by atoms with E-state index in [2.05, 4.69) is 20.9 Å². The van der Waals surface area contributed by atoms with Gasteiger partial charge in [-0.1, -0.05) is 51.1 Å². The highest BCUT2D eigenvalue weighted by molar-refractivity contribution is 5.93. The second-order valence-electron chi connectivity index (χ2n) is 10.4. The third-order valence-corrected chi connectivity index (χ3v) is 6.11. The first kappa shape index (κ1) is 29.9. The number of esters is 1. The Bertz CT molecular complexity index is 1360. The standard InChI is InChI=1S/C30H36N4O6/c1-19-17-20(11-13-24(19)35)12-14-25(36)34-26(30(2,3)4)27(37)32-22(15-16-31-21-9-7-6-8-10-21)28-33-23(18-40-28)29(38)39-5/h6-11,13,15,17-18,26,31,35H,12,14,16H2,1-5H3,(H,32,37)(H,34,36)/b22-15+. The Kier molecular flexibility index (Phi) is 10.1. The van der Waals surface area contributed by atoms with Crippen molar-refractivity contribution in [2.75, 3.05) is 19.0 Å². The van der Waals surface area contributed by atoms with Gasteiger partial charge in [-0.15, -0.1) is 0 Å². The predicted octanol–water partition coefficient (Wildman–Crippen LogP) is 4.21. The molecule has 1 heterocycles. The SMILES string of the molecule is COC(=O)c1coc(/C(=C\CNc2ccccc2)NC(=O)C(NC(=O)CCc2ccc(O)c(C)c2)C(C)(C)C)n1. The fraction of sp³-hybridized carbons (Fsp3) is 0.333. The zero-order chi connectivity index (χ0) is 29.3. The van der Waals surface area contributed by atoms with Crippen molar-refractivity contribution in [3.63, 3.8) is 0 Å². The highest BCUT2D eigenvalue weighted by atomic mass is 16.5. The first-order valence-corrected chi connectivity index (χ1v) is 12.9. The topological polar surface area (TPSA) is 143 Å². The third kappa shape index (κ3) is 8.45. The lowest BCUT2D eigenvalue weighted by Gasteiger charge is -2.30. The van der Waals surface area contributed by atoms with Crippen LogP contribution in [0.4, 0.5) is 5.69 Å². The number of amides is 2. The molecular formula is C30H36N4O6. The van der Waals surface area contributed by atoms with Gasteiger partial charge in [0.25, 0.3) is 0 Å². The summed E-state index contributed by atoms with van der Waals surface area (Å²) in [7, 11) is 1.23. The van der Waals surface area contributed by atoms with Gasteiger partial charge in [0.1, 0.15) is 23.8 Å². The molecule has 1 unspecified atom stereocenters. The number of anilines is 1. The summed E-state index contributed by atoms with van der Waals surface area (Å²) in [6, 6.07) is 13.8. The van der Waals surface area contributed by atoms with Gasteiger partial charge in [-0.25, -0.2) is 9.78 Å². The van der Waals surface area contributed by atoms with Crippen LogP contribution in [0.3, 0.4) is 0 Å². The Labute approximate surface area is 233 Å². The van der Waals surface area contributed by atoms with E-state index in [1.165, 1.54) is 7.11 Å². The van der Waals surface area contributed by atoms with Crippen molar-refractivity contribution in [2.24, 2.45) is 5.41 Å². The number of benzene rings is 2. The van der Waals surface area contributed by atoms with Crippen molar-refractivity contribution in [3.05, 3.63) is 83.6 Å². The second-order valence-corrected chi connectivity index (χ2v) is 10.4. The van der Waals surface area contributed by atoms with Gasteiger partial charge in [0, 0.05) is 18.7 Å². The summed E-state index contributed by atoms with van der Waals surface area (Å²) in [6.07, 6.45) is 3.44. The number of phenolic OH excluding ortho intramolecular Hbond substituents is 1. The highest BCUT2D eigenvalue weighted by Gasteiger charge is 2.33. The van der Waals surface area contributed by atoms with E-state index in [1.807, 2.05) is 57.2 Å². The van der Waals surface area contributed by atoms with Crippen LogP contribution in [0.5, 0.6) is 5.75 Å². The van der Waals surface area contributed by atoms with Crippen LogP contribution in [-0.4, -0.2) is 47.6 Å². The summed E-state index contributed by atoms with van der Waals surface area (Å²) < 4.78 is 10.2. The Hall–Kier alpha value is -4.60. The fourth-order valence-electron chi connectivity index (χ4n) is 3.86. The van der Waals surface area contributed by atoms with E-state index in [9.17, 15) is 19.5 Å². The molecule has 0 aliphatic rings. The van der Waals surface area contributed by atoms with Gasteiger partial charge >= 0.3 is 5.97 Å². The number of para-hydroxylation sites is 1. The van der Waals surface area contributed by atoms with Crippen molar-refractivity contribution in [2.45, 2.75) is 46.6 Å². The van der Waals surface area contributed by atoms with E-state index in [1.54, 1.807) is 25.1 Å². The first-order valence-electron chi connectivity index (χ1n) is 12.9. The monoisotopic (exact) mass is 548 g/mol. The molecule has 0 spiro atoms. The quantitative estimate of drug-likeness (QED) is 0.261. The van der Waals surface area contributed by atoms with Gasteiger partial charge in [-0.05, 0) is 54.2 Å². The van der Waals surface area contributed by atoms with E-state index >= 15 is 0 Å². The number of nitrogens with one attached hydrogen (secondary N) is 3. The summed E-state index contributed by atoms with van der Waals surface area (Å²) in [5.41, 5.74) is 2.06. The molecule has 0 saturated carbocycles. The van der Waals surface area contributed by atoms with Crippen molar-refractivity contribution in [1.29, 1.82) is 0 Å². The van der Waals surface area contributed by atoms with Crippen molar-refractivity contribution < 1.29 is 28.6 Å². The minimum atomic E-state index is -0.887. The van der Waals surface area contributed by atoms with Crippen LogP contribution < -0.4 is 16.0 Å². The average molecular weight is 549 g/mol. The second kappa shape index (κ2) is 13.5. The number of carbonyl (C=O) groups excluding carboxylic acids is 3. The number of aromatic nitrogens is 1. The maximum absolute atomic E-state index is 13.5. The van der Waals surface area contributed by atoms with Crippen molar-refractivity contribution in [1.82, 2.24) is 15.6 Å². The van der Waals surface area contributed by atoms with Gasteiger partial charge in [0.15, 0.2) is 5.69 Å². The van der Waals surface area contributed by atoms with Gasteiger partial charge in [-0.2, -0.15) is 0 Å². The lowest BCUT2D eigenvalue weighted by molar-refractivity contribution is -0.130. The van der Waals surface area contributed by atoms with Crippen molar-refractivity contribution in [3.8, 4) is 5.75 Å². The number of aryl methyl sites for hydroxylation is 2. The van der Waals surface area contributed by atoms with Gasteiger partial charge < -0.3 is 30.2 Å². The molecule has 212 valence electrons. The number of aromatic hydroxyl groups is 1. The number of rotatable bonds is 11. The number of phenols is 1. The summed E-state index contributed by atoms with van der Waals surface area (Å²) in [6.45, 7) is 7.65. The Balaban J connectivity index is 1.76. The molecule has 0 aliphatic heterocycles. The number of carbonyl (C=O) groups is 3. The predicted molar refractivity (Wildman–Crippen MR) is 151 cm³/mol. The molecule has 1 aromatic heterocycles. The smallest absolute Gasteiger partial charge is 0.360 e. The van der Waals surface area contributed by atoms with Gasteiger partial charge in [0.05, 0.1) is 7.11 Å². The molecule has 4 N–H and O–H groups in total.